The number of allylic oxidation sites excluding steroid dienone is 4. The van der Waals surface area contributed by atoms with Gasteiger partial charge in [0.15, 0.2) is 0 Å². The van der Waals surface area contributed by atoms with E-state index < -0.39 is 0 Å². The second-order valence-electron chi connectivity index (χ2n) is 4.10. The van der Waals surface area contributed by atoms with Crippen LogP contribution in [0.2, 0.25) is 0 Å². The van der Waals surface area contributed by atoms with Gasteiger partial charge in [0.1, 0.15) is 0 Å². The monoisotopic (exact) mass is 234 g/mol. The number of nitriles is 1. The molecule has 2 rings (SSSR count). The highest BCUT2D eigenvalue weighted by molar-refractivity contribution is 5.64. The van der Waals surface area contributed by atoms with Gasteiger partial charge in [-0.25, -0.2) is 0 Å². The topological polar surface area (TPSA) is 27.0 Å². The molecule has 0 aliphatic carbocycles. The third-order valence-corrected chi connectivity index (χ3v) is 2.76. The number of hydrogen-bond acceptors (Lipinski definition) is 2. The van der Waals surface area contributed by atoms with Crippen LogP contribution in [0.3, 0.4) is 0 Å². The average Bonchev–Trinajstić information content (AvgIpc) is 2.42. The zero-order valence-corrected chi connectivity index (χ0v) is 10.3. The Morgan fingerprint density at radius 2 is 2.06 bits per heavy atom. The van der Waals surface area contributed by atoms with E-state index in [1.807, 2.05) is 35.5 Å². The van der Waals surface area contributed by atoms with Crippen LogP contribution in [0.25, 0.3) is 5.57 Å². The molecule has 0 radical (unpaired) electrons. The summed E-state index contributed by atoms with van der Waals surface area (Å²) in [6.45, 7) is 6.00. The molecular formula is C16H14N2. The van der Waals surface area contributed by atoms with Crippen LogP contribution in [0.4, 0.5) is 0 Å². The number of nitrogens with zero attached hydrogens (tertiary/aromatic N) is 2. The summed E-state index contributed by atoms with van der Waals surface area (Å²) < 4.78 is 0. The van der Waals surface area contributed by atoms with Crippen LogP contribution in [0.5, 0.6) is 0 Å². The Labute approximate surface area is 107 Å². The quantitative estimate of drug-likeness (QED) is 0.777. The highest BCUT2D eigenvalue weighted by Crippen LogP contribution is 2.20. The molecule has 0 amide bonds. The predicted octanol–water partition coefficient (Wildman–Crippen LogP) is 3.84. The lowest BCUT2D eigenvalue weighted by atomic mass is 10.1. The van der Waals surface area contributed by atoms with Crippen molar-refractivity contribution in [3.63, 3.8) is 0 Å². The van der Waals surface area contributed by atoms with Crippen molar-refractivity contribution >= 4 is 5.57 Å². The molecule has 0 saturated heterocycles. The highest BCUT2D eigenvalue weighted by atomic mass is 15.1. The lowest BCUT2D eigenvalue weighted by molar-refractivity contribution is 0.648. The standard InChI is InChI=1S/C16H14N2/c1-13(16-6-4-3-5-7-16)12-18-9-8-15(11-17)10-14(18)2/h3-10,12H,2H2,1H3/b13-12+. The Kier molecular flexibility index (Phi) is 3.45. The molecule has 1 aliphatic heterocycles. The molecule has 2 nitrogen and oxygen atoms in total. The van der Waals surface area contributed by atoms with E-state index in [0.717, 1.165) is 11.3 Å². The predicted molar refractivity (Wildman–Crippen MR) is 73.9 cm³/mol. The molecule has 0 fully saturated rings. The largest absolute Gasteiger partial charge is 0.324 e. The Morgan fingerprint density at radius 3 is 2.67 bits per heavy atom. The van der Waals surface area contributed by atoms with E-state index in [1.54, 1.807) is 12.2 Å². The molecule has 1 heterocycles. The van der Waals surface area contributed by atoms with Crippen LogP contribution in [0, 0.1) is 11.3 Å². The fourth-order valence-electron chi connectivity index (χ4n) is 1.74. The minimum atomic E-state index is 0.627. The molecule has 0 aromatic heterocycles. The Hall–Kier alpha value is -2.53. The minimum Gasteiger partial charge on any atom is -0.324 e. The fraction of sp³-hybridized carbons (Fsp3) is 0.0625. The molecular weight excluding hydrogens is 220 g/mol. The maximum absolute atomic E-state index is 8.81. The summed E-state index contributed by atoms with van der Waals surface area (Å²) in [6, 6.07) is 12.3. The van der Waals surface area contributed by atoms with Crippen molar-refractivity contribution in [3.05, 3.63) is 78.3 Å². The van der Waals surface area contributed by atoms with Gasteiger partial charge in [0.2, 0.25) is 0 Å². The van der Waals surface area contributed by atoms with Crippen LogP contribution in [-0.4, -0.2) is 4.90 Å². The van der Waals surface area contributed by atoms with Crippen LogP contribution < -0.4 is 0 Å². The summed E-state index contributed by atoms with van der Waals surface area (Å²) in [5, 5.41) is 8.81. The first-order valence-corrected chi connectivity index (χ1v) is 5.72. The van der Waals surface area contributed by atoms with Gasteiger partial charge in [-0.1, -0.05) is 36.9 Å². The molecule has 0 bridgehead atoms. The summed E-state index contributed by atoms with van der Waals surface area (Å²) in [5.41, 5.74) is 3.75. The maximum Gasteiger partial charge on any atom is 0.0992 e. The van der Waals surface area contributed by atoms with Gasteiger partial charge in [-0.3, -0.25) is 0 Å². The van der Waals surface area contributed by atoms with Crippen molar-refractivity contribution in [3.8, 4) is 6.07 Å². The van der Waals surface area contributed by atoms with E-state index in [0.29, 0.717) is 5.57 Å². The van der Waals surface area contributed by atoms with Gasteiger partial charge in [0.05, 0.1) is 11.6 Å². The highest BCUT2D eigenvalue weighted by Gasteiger charge is 2.06. The summed E-state index contributed by atoms with van der Waals surface area (Å²) >= 11 is 0. The smallest absolute Gasteiger partial charge is 0.0992 e. The Bertz CT molecular complexity index is 583. The van der Waals surface area contributed by atoms with Crippen LogP contribution in [0.1, 0.15) is 12.5 Å². The first-order chi connectivity index (χ1) is 8.70. The van der Waals surface area contributed by atoms with E-state index in [9.17, 15) is 0 Å². The van der Waals surface area contributed by atoms with Gasteiger partial charge < -0.3 is 4.90 Å². The number of rotatable bonds is 2. The molecule has 0 spiro atoms. The van der Waals surface area contributed by atoms with Gasteiger partial charge in [-0.2, -0.15) is 5.26 Å². The number of benzene rings is 1. The van der Waals surface area contributed by atoms with E-state index >= 15 is 0 Å². The summed E-state index contributed by atoms with van der Waals surface area (Å²) in [7, 11) is 0. The van der Waals surface area contributed by atoms with Crippen molar-refractivity contribution in [2.24, 2.45) is 0 Å². The van der Waals surface area contributed by atoms with Gasteiger partial charge in [0, 0.05) is 18.1 Å². The lowest BCUT2D eigenvalue weighted by Gasteiger charge is -2.20. The second kappa shape index (κ2) is 5.20. The van der Waals surface area contributed by atoms with Gasteiger partial charge >= 0.3 is 0 Å². The first kappa shape index (κ1) is 11.9. The van der Waals surface area contributed by atoms with Crippen molar-refractivity contribution in [2.45, 2.75) is 6.92 Å². The van der Waals surface area contributed by atoms with E-state index in [1.165, 1.54) is 5.56 Å². The molecule has 0 unspecified atom stereocenters. The Morgan fingerprint density at radius 1 is 1.33 bits per heavy atom. The summed E-state index contributed by atoms with van der Waals surface area (Å²) in [5.74, 6) is 0. The zero-order chi connectivity index (χ0) is 13.0. The SMILES string of the molecule is C=C1C=C(C#N)C=CN1/C=C(\C)c1ccccc1. The summed E-state index contributed by atoms with van der Waals surface area (Å²) in [6.07, 6.45) is 7.42. The van der Waals surface area contributed by atoms with Gasteiger partial charge in [0.25, 0.3) is 0 Å². The molecule has 0 saturated carbocycles. The molecule has 2 heteroatoms. The fourth-order valence-corrected chi connectivity index (χ4v) is 1.74. The van der Waals surface area contributed by atoms with Gasteiger partial charge in [-0.05, 0) is 30.2 Å². The van der Waals surface area contributed by atoms with Crippen molar-refractivity contribution in [1.82, 2.24) is 4.90 Å². The van der Waals surface area contributed by atoms with E-state index in [4.69, 9.17) is 5.26 Å². The molecule has 0 N–H and O–H groups in total. The third-order valence-electron chi connectivity index (χ3n) is 2.76. The van der Waals surface area contributed by atoms with E-state index in [2.05, 4.69) is 31.7 Å². The first-order valence-electron chi connectivity index (χ1n) is 5.72. The average molecular weight is 234 g/mol. The minimum absolute atomic E-state index is 0.627. The molecule has 1 aromatic rings. The van der Waals surface area contributed by atoms with E-state index in [-0.39, 0.29) is 0 Å². The Balaban J connectivity index is 2.21. The molecule has 88 valence electrons. The normalized spacial score (nSPS) is 15.3. The molecule has 1 aromatic carbocycles. The van der Waals surface area contributed by atoms with Crippen molar-refractivity contribution < 1.29 is 0 Å². The lowest BCUT2D eigenvalue weighted by Crippen LogP contribution is -2.10. The van der Waals surface area contributed by atoms with Crippen molar-refractivity contribution in [1.29, 1.82) is 5.26 Å². The maximum atomic E-state index is 8.81. The summed E-state index contributed by atoms with van der Waals surface area (Å²) in [4.78, 5) is 1.92. The second-order valence-corrected chi connectivity index (χ2v) is 4.10. The van der Waals surface area contributed by atoms with Gasteiger partial charge in [-0.15, -0.1) is 0 Å². The molecule has 18 heavy (non-hydrogen) atoms. The van der Waals surface area contributed by atoms with Crippen molar-refractivity contribution in [2.75, 3.05) is 0 Å². The zero-order valence-electron chi connectivity index (χ0n) is 10.3. The number of hydrogen-bond donors (Lipinski definition) is 0. The van der Waals surface area contributed by atoms with Crippen LogP contribution in [0.15, 0.2) is 72.7 Å². The molecule has 1 aliphatic rings. The van der Waals surface area contributed by atoms with Crippen LogP contribution >= 0.6 is 0 Å². The third kappa shape index (κ3) is 2.58. The molecule has 0 atom stereocenters. The van der Waals surface area contributed by atoms with Crippen LogP contribution in [-0.2, 0) is 0 Å².